The van der Waals surface area contributed by atoms with Gasteiger partial charge in [0.1, 0.15) is 0 Å². The van der Waals surface area contributed by atoms with Crippen molar-refractivity contribution in [2.45, 2.75) is 32.1 Å². The Bertz CT molecular complexity index is 829. The molecule has 2 amide bonds. The fourth-order valence-electron chi connectivity index (χ4n) is 4.26. The Morgan fingerprint density at radius 2 is 1.72 bits per heavy atom. The first-order chi connectivity index (χ1) is 14.2. The lowest BCUT2D eigenvalue weighted by molar-refractivity contribution is -0.128. The number of benzene rings is 2. The number of nitrogens with one attached hydrogen (secondary N) is 1. The maximum atomic E-state index is 12.6. The first-order valence-electron chi connectivity index (χ1n) is 10.7. The third-order valence-electron chi connectivity index (χ3n) is 5.93. The molecule has 0 aromatic heterocycles. The van der Waals surface area contributed by atoms with E-state index in [0.29, 0.717) is 19.5 Å². The Labute approximate surface area is 172 Å². The van der Waals surface area contributed by atoms with E-state index in [2.05, 4.69) is 34.5 Å². The van der Waals surface area contributed by atoms with Crippen LogP contribution in [0.4, 0.5) is 11.4 Å². The molecule has 0 radical (unpaired) electrons. The standard InChI is InChI=1S/C24H29N3O2/c28-23-17-20(18-27(23)16-6-9-19-7-2-1-3-8-19)24(29)25-21-10-12-22(13-11-21)26-14-4-5-15-26/h1-3,7-8,10-13,20H,4-6,9,14-18H2,(H,25,29). The minimum atomic E-state index is -0.266. The summed E-state index contributed by atoms with van der Waals surface area (Å²) in [4.78, 5) is 29.2. The smallest absolute Gasteiger partial charge is 0.229 e. The molecular weight excluding hydrogens is 362 g/mol. The van der Waals surface area contributed by atoms with Crippen LogP contribution in [0.2, 0.25) is 0 Å². The fraction of sp³-hybridized carbons (Fsp3) is 0.417. The Hall–Kier alpha value is -2.82. The molecule has 29 heavy (non-hydrogen) atoms. The second-order valence-corrected chi connectivity index (χ2v) is 8.06. The molecule has 2 aliphatic rings. The molecule has 1 N–H and O–H groups in total. The van der Waals surface area contributed by atoms with E-state index in [9.17, 15) is 9.59 Å². The largest absolute Gasteiger partial charge is 0.372 e. The van der Waals surface area contributed by atoms with Crippen molar-refractivity contribution in [1.82, 2.24) is 4.90 Å². The molecule has 2 saturated heterocycles. The van der Waals surface area contributed by atoms with Gasteiger partial charge >= 0.3 is 0 Å². The minimum Gasteiger partial charge on any atom is -0.372 e. The predicted molar refractivity (Wildman–Crippen MR) is 116 cm³/mol. The molecule has 0 saturated carbocycles. The number of hydrogen-bond acceptors (Lipinski definition) is 3. The van der Waals surface area contributed by atoms with E-state index in [1.54, 1.807) is 0 Å². The quantitative estimate of drug-likeness (QED) is 0.783. The normalized spacial score (nSPS) is 19.0. The highest BCUT2D eigenvalue weighted by Gasteiger charge is 2.33. The lowest BCUT2D eigenvalue weighted by Crippen LogP contribution is -2.29. The molecule has 1 unspecified atom stereocenters. The molecule has 2 aliphatic heterocycles. The fourth-order valence-corrected chi connectivity index (χ4v) is 4.26. The molecule has 5 heteroatoms. The summed E-state index contributed by atoms with van der Waals surface area (Å²) in [6, 6.07) is 18.3. The third kappa shape index (κ3) is 4.97. The zero-order chi connectivity index (χ0) is 20.1. The van der Waals surface area contributed by atoms with Crippen LogP contribution in [0.3, 0.4) is 0 Å². The van der Waals surface area contributed by atoms with Gasteiger partial charge in [-0.15, -0.1) is 0 Å². The molecule has 2 fully saturated rings. The van der Waals surface area contributed by atoms with Crippen molar-refractivity contribution in [1.29, 1.82) is 0 Å². The topological polar surface area (TPSA) is 52.7 Å². The SMILES string of the molecule is O=C(Nc1ccc(N2CCCC2)cc1)C1CC(=O)N(CCCc2ccccc2)C1. The van der Waals surface area contributed by atoms with E-state index in [-0.39, 0.29) is 17.7 Å². The summed E-state index contributed by atoms with van der Waals surface area (Å²) in [6.07, 6.45) is 4.67. The Kier molecular flexibility index (Phi) is 6.13. The highest BCUT2D eigenvalue weighted by Crippen LogP contribution is 2.24. The number of aryl methyl sites for hydroxylation is 1. The minimum absolute atomic E-state index is 0.0576. The Morgan fingerprint density at radius 1 is 1.00 bits per heavy atom. The van der Waals surface area contributed by atoms with Crippen molar-refractivity contribution in [3.8, 4) is 0 Å². The van der Waals surface area contributed by atoms with Crippen LogP contribution in [-0.4, -0.2) is 42.9 Å². The van der Waals surface area contributed by atoms with Gasteiger partial charge in [-0.1, -0.05) is 30.3 Å². The molecule has 1 atom stereocenters. The molecule has 2 aromatic carbocycles. The van der Waals surface area contributed by atoms with Crippen molar-refractivity contribution in [3.63, 3.8) is 0 Å². The first kappa shape index (κ1) is 19.5. The maximum Gasteiger partial charge on any atom is 0.229 e. The Morgan fingerprint density at radius 3 is 2.45 bits per heavy atom. The molecular formula is C24H29N3O2. The van der Waals surface area contributed by atoms with Gasteiger partial charge in [0, 0.05) is 44.0 Å². The summed E-state index contributed by atoms with van der Waals surface area (Å²) < 4.78 is 0. The van der Waals surface area contributed by atoms with Crippen molar-refractivity contribution >= 4 is 23.2 Å². The molecule has 0 spiro atoms. The van der Waals surface area contributed by atoms with Crippen molar-refractivity contribution < 1.29 is 9.59 Å². The Balaban J connectivity index is 1.25. The van der Waals surface area contributed by atoms with Crippen LogP contribution in [0.25, 0.3) is 0 Å². The maximum absolute atomic E-state index is 12.6. The van der Waals surface area contributed by atoms with Crippen LogP contribution in [-0.2, 0) is 16.0 Å². The van der Waals surface area contributed by atoms with Crippen LogP contribution in [0.15, 0.2) is 54.6 Å². The first-order valence-corrected chi connectivity index (χ1v) is 10.7. The van der Waals surface area contributed by atoms with E-state index in [1.807, 2.05) is 35.2 Å². The molecule has 0 bridgehead atoms. The number of nitrogens with zero attached hydrogens (tertiary/aromatic N) is 2. The van der Waals surface area contributed by atoms with E-state index in [0.717, 1.165) is 31.6 Å². The number of anilines is 2. The molecule has 2 heterocycles. The lowest BCUT2D eigenvalue weighted by atomic mass is 10.1. The van der Waals surface area contributed by atoms with Crippen LogP contribution in [0, 0.1) is 5.92 Å². The highest BCUT2D eigenvalue weighted by atomic mass is 16.2. The second kappa shape index (κ2) is 9.12. The van der Waals surface area contributed by atoms with Crippen molar-refractivity contribution in [3.05, 3.63) is 60.2 Å². The zero-order valence-electron chi connectivity index (χ0n) is 16.8. The van der Waals surface area contributed by atoms with E-state index >= 15 is 0 Å². The summed E-state index contributed by atoms with van der Waals surface area (Å²) in [5.41, 5.74) is 3.29. The number of amides is 2. The summed E-state index contributed by atoms with van der Waals surface area (Å²) >= 11 is 0. The average Bonchev–Trinajstić information content (AvgIpc) is 3.40. The van der Waals surface area contributed by atoms with E-state index < -0.39 is 0 Å². The van der Waals surface area contributed by atoms with Crippen molar-refractivity contribution in [2.75, 3.05) is 36.4 Å². The van der Waals surface area contributed by atoms with Crippen LogP contribution < -0.4 is 10.2 Å². The lowest BCUT2D eigenvalue weighted by Gasteiger charge is -2.18. The van der Waals surface area contributed by atoms with Gasteiger partial charge in [-0.05, 0) is 55.5 Å². The van der Waals surface area contributed by atoms with Gasteiger partial charge in [-0.3, -0.25) is 9.59 Å². The number of carbonyl (C=O) groups is 2. The summed E-state index contributed by atoms with van der Waals surface area (Å²) in [5.74, 6) is -0.238. The number of likely N-dealkylation sites (tertiary alicyclic amines) is 1. The summed E-state index contributed by atoms with van der Waals surface area (Å²) in [6.45, 7) is 3.44. The van der Waals surface area contributed by atoms with E-state index in [1.165, 1.54) is 24.1 Å². The zero-order valence-corrected chi connectivity index (χ0v) is 16.8. The average molecular weight is 392 g/mol. The van der Waals surface area contributed by atoms with Gasteiger partial charge in [0.15, 0.2) is 0 Å². The number of hydrogen-bond donors (Lipinski definition) is 1. The molecule has 4 rings (SSSR count). The van der Waals surface area contributed by atoms with Gasteiger partial charge in [-0.2, -0.15) is 0 Å². The van der Waals surface area contributed by atoms with Gasteiger partial charge in [0.25, 0.3) is 0 Å². The van der Waals surface area contributed by atoms with Crippen LogP contribution in [0.5, 0.6) is 0 Å². The molecule has 5 nitrogen and oxygen atoms in total. The molecule has 0 aliphatic carbocycles. The predicted octanol–water partition coefficient (Wildman–Crippen LogP) is 3.71. The molecule has 2 aromatic rings. The molecule has 152 valence electrons. The van der Waals surface area contributed by atoms with Crippen LogP contribution >= 0.6 is 0 Å². The van der Waals surface area contributed by atoms with Gasteiger partial charge in [0.05, 0.1) is 5.92 Å². The van der Waals surface area contributed by atoms with Crippen molar-refractivity contribution in [2.24, 2.45) is 5.92 Å². The van der Waals surface area contributed by atoms with Crippen LogP contribution in [0.1, 0.15) is 31.2 Å². The van der Waals surface area contributed by atoms with Gasteiger partial charge in [-0.25, -0.2) is 0 Å². The third-order valence-corrected chi connectivity index (χ3v) is 5.93. The van der Waals surface area contributed by atoms with E-state index in [4.69, 9.17) is 0 Å². The summed E-state index contributed by atoms with van der Waals surface area (Å²) in [7, 11) is 0. The highest BCUT2D eigenvalue weighted by molar-refractivity contribution is 5.97. The monoisotopic (exact) mass is 391 g/mol. The van der Waals surface area contributed by atoms with Gasteiger partial charge in [0.2, 0.25) is 11.8 Å². The second-order valence-electron chi connectivity index (χ2n) is 8.06. The summed E-state index contributed by atoms with van der Waals surface area (Å²) in [5, 5.41) is 2.99. The van der Waals surface area contributed by atoms with Gasteiger partial charge < -0.3 is 15.1 Å². The number of rotatable bonds is 7. The number of carbonyl (C=O) groups excluding carboxylic acids is 2.